The molecule has 0 saturated carbocycles. The third-order valence-electron chi connectivity index (χ3n) is 3.26. The fraction of sp³-hybridized carbons (Fsp3) is 0.0588. The van der Waals surface area contributed by atoms with E-state index in [9.17, 15) is 0 Å². The third kappa shape index (κ3) is 2.43. The molecule has 0 fully saturated rings. The van der Waals surface area contributed by atoms with Crippen LogP contribution in [0.1, 0.15) is 5.56 Å². The Morgan fingerprint density at radius 1 is 0.850 bits per heavy atom. The number of hydrogen-bond donors (Lipinski definition) is 1. The van der Waals surface area contributed by atoms with E-state index in [1.54, 1.807) is 0 Å². The Hall–Kier alpha value is -2.19. The SMILES string of the molecule is Nc1ccc(OCc2ccccc2Cl)c2ccccc12. The number of nitrogens with two attached hydrogens (primary N) is 1. The van der Waals surface area contributed by atoms with Crippen molar-refractivity contribution >= 4 is 28.1 Å². The van der Waals surface area contributed by atoms with E-state index in [0.29, 0.717) is 11.6 Å². The maximum atomic E-state index is 6.13. The van der Waals surface area contributed by atoms with Gasteiger partial charge in [0.1, 0.15) is 12.4 Å². The van der Waals surface area contributed by atoms with Crippen LogP contribution in [0.25, 0.3) is 10.8 Å². The van der Waals surface area contributed by atoms with Gasteiger partial charge in [-0.05, 0) is 18.2 Å². The van der Waals surface area contributed by atoms with E-state index in [-0.39, 0.29) is 0 Å². The van der Waals surface area contributed by atoms with Crippen molar-refractivity contribution < 1.29 is 4.74 Å². The Morgan fingerprint density at radius 3 is 2.35 bits per heavy atom. The first-order valence-electron chi connectivity index (χ1n) is 6.39. The van der Waals surface area contributed by atoms with E-state index in [2.05, 4.69) is 0 Å². The minimum Gasteiger partial charge on any atom is -0.488 e. The molecule has 0 spiro atoms. The number of hydrogen-bond acceptors (Lipinski definition) is 2. The number of benzene rings is 3. The summed E-state index contributed by atoms with van der Waals surface area (Å²) in [5, 5.41) is 2.73. The van der Waals surface area contributed by atoms with E-state index >= 15 is 0 Å². The van der Waals surface area contributed by atoms with Gasteiger partial charge in [-0.2, -0.15) is 0 Å². The molecule has 3 aromatic carbocycles. The summed E-state index contributed by atoms with van der Waals surface area (Å²) >= 11 is 6.13. The molecule has 3 heteroatoms. The molecular formula is C17H14ClNO. The monoisotopic (exact) mass is 283 g/mol. The summed E-state index contributed by atoms with van der Waals surface area (Å²) < 4.78 is 5.90. The van der Waals surface area contributed by atoms with Crippen LogP contribution in [-0.2, 0) is 6.61 Å². The van der Waals surface area contributed by atoms with Gasteiger partial charge in [0.05, 0.1) is 0 Å². The predicted molar refractivity (Wildman–Crippen MR) is 84.1 cm³/mol. The summed E-state index contributed by atoms with van der Waals surface area (Å²) in [6.45, 7) is 0.438. The lowest BCUT2D eigenvalue weighted by Gasteiger charge is -2.11. The number of halogens is 1. The highest BCUT2D eigenvalue weighted by Gasteiger charge is 2.06. The van der Waals surface area contributed by atoms with Crippen molar-refractivity contribution in [2.45, 2.75) is 6.61 Å². The van der Waals surface area contributed by atoms with Crippen LogP contribution in [0.3, 0.4) is 0 Å². The summed E-state index contributed by atoms with van der Waals surface area (Å²) in [5.41, 5.74) is 7.70. The van der Waals surface area contributed by atoms with Gasteiger partial charge in [-0.1, -0.05) is 54.1 Å². The molecule has 0 unspecified atom stereocenters. The maximum absolute atomic E-state index is 6.13. The first-order chi connectivity index (χ1) is 9.75. The zero-order chi connectivity index (χ0) is 13.9. The van der Waals surface area contributed by atoms with Crippen LogP contribution in [0.2, 0.25) is 5.02 Å². The second kappa shape index (κ2) is 5.43. The summed E-state index contributed by atoms with van der Waals surface area (Å²) in [4.78, 5) is 0. The molecule has 0 saturated heterocycles. The standard InChI is InChI=1S/C17H14ClNO/c18-15-8-4-1-5-12(15)11-20-17-10-9-16(19)13-6-2-3-7-14(13)17/h1-10H,11,19H2. The number of nitrogen functional groups attached to an aromatic ring is 1. The molecule has 100 valence electrons. The van der Waals surface area contributed by atoms with Gasteiger partial charge >= 0.3 is 0 Å². The molecule has 0 radical (unpaired) electrons. The molecule has 2 N–H and O–H groups in total. The minimum atomic E-state index is 0.438. The van der Waals surface area contributed by atoms with Crippen LogP contribution in [0.15, 0.2) is 60.7 Å². The number of anilines is 1. The molecule has 2 nitrogen and oxygen atoms in total. The van der Waals surface area contributed by atoms with Gasteiger partial charge in [-0.15, -0.1) is 0 Å². The van der Waals surface area contributed by atoms with Crippen molar-refractivity contribution in [3.05, 3.63) is 71.2 Å². The highest BCUT2D eigenvalue weighted by Crippen LogP contribution is 2.30. The van der Waals surface area contributed by atoms with Crippen molar-refractivity contribution in [2.24, 2.45) is 0 Å². The van der Waals surface area contributed by atoms with E-state index in [4.69, 9.17) is 22.1 Å². The van der Waals surface area contributed by atoms with Crippen molar-refractivity contribution in [3.8, 4) is 5.75 Å². The molecule has 0 aliphatic rings. The Bertz CT molecular complexity index is 755. The first-order valence-corrected chi connectivity index (χ1v) is 6.77. The largest absolute Gasteiger partial charge is 0.488 e. The highest BCUT2D eigenvalue weighted by molar-refractivity contribution is 6.31. The second-order valence-electron chi connectivity index (χ2n) is 4.58. The number of rotatable bonds is 3. The number of ether oxygens (including phenoxy) is 1. The van der Waals surface area contributed by atoms with Crippen LogP contribution in [-0.4, -0.2) is 0 Å². The van der Waals surface area contributed by atoms with Gasteiger partial charge in [0.2, 0.25) is 0 Å². The Labute approximate surface area is 122 Å². The van der Waals surface area contributed by atoms with Crippen LogP contribution >= 0.6 is 11.6 Å². The summed E-state index contributed by atoms with van der Waals surface area (Å²) in [7, 11) is 0. The Morgan fingerprint density at radius 2 is 1.55 bits per heavy atom. The average Bonchev–Trinajstić information content (AvgIpc) is 2.48. The predicted octanol–water partition coefficient (Wildman–Crippen LogP) is 4.65. The van der Waals surface area contributed by atoms with Gasteiger partial charge < -0.3 is 10.5 Å². The van der Waals surface area contributed by atoms with Crippen LogP contribution in [0.4, 0.5) is 5.69 Å². The fourth-order valence-electron chi connectivity index (χ4n) is 2.19. The van der Waals surface area contributed by atoms with Crippen molar-refractivity contribution in [3.63, 3.8) is 0 Å². The maximum Gasteiger partial charge on any atom is 0.127 e. The van der Waals surface area contributed by atoms with Crippen molar-refractivity contribution in [2.75, 3.05) is 5.73 Å². The molecule has 0 aliphatic carbocycles. The van der Waals surface area contributed by atoms with Gasteiger partial charge in [0.15, 0.2) is 0 Å². The Kier molecular flexibility index (Phi) is 3.48. The molecular weight excluding hydrogens is 270 g/mol. The van der Waals surface area contributed by atoms with Gasteiger partial charge in [-0.25, -0.2) is 0 Å². The highest BCUT2D eigenvalue weighted by atomic mass is 35.5. The van der Waals surface area contributed by atoms with E-state index in [0.717, 1.165) is 27.8 Å². The summed E-state index contributed by atoms with van der Waals surface area (Å²) in [6, 6.07) is 19.4. The lowest BCUT2D eigenvalue weighted by atomic mass is 10.1. The van der Waals surface area contributed by atoms with Crippen LogP contribution < -0.4 is 10.5 Å². The molecule has 3 rings (SSSR count). The summed E-state index contributed by atoms with van der Waals surface area (Å²) in [5.74, 6) is 0.815. The lowest BCUT2D eigenvalue weighted by molar-refractivity contribution is 0.310. The molecule has 20 heavy (non-hydrogen) atoms. The van der Waals surface area contributed by atoms with Gasteiger partial charge in [0, 0.05) is 27.0 Å². The quantitative estimate of drug-likeness (QED) is 0.710. The average molecular weight is 284 g/mol. The van der Waals surface area contributed by atoms with Crippen molar-refractivity contribution in [1.29, 1.82) is 0 Å². The normalized spacial score (nSPS) is 10.7. The molecule has 3 aromatic rings. The molecule has 0 aliphatic heterocycles. The van der Waals surface area contributed by atoms with E-state index < -0.39 is 0 Å². The fourth-order valence-corrected chi connectivity index (χ4v) is 2.38. The molecule has 0 atom stereocenters. The smallest absolute Gasteiger partial charge is 0.127 e. The van der Waals surface area contributed by atoms with Crippen molar-refractivity contribution in [1.82, 2.24) is 0 Å². The first kappa shape index (κ1) is 12.8. The number of fused-ring (bicyclic) bond motifs is 1. The minimum absolute atomic E-state index is 0.438. The zero-order valence-corrected chi connectivity index (χ0v) is 11.6. The van der Waals surface area contributed by atoms with E-state index in [1.165, 1.54) is 0 Å². The van der Waals surface area contributed by atoms with Crippen LogP contribution in [0.5, 0.6) is 5.75 Å². The molecule has 0 aromatic heterocycles. The zero-order valence-electron chi connectivity index (χ0n) is 10.8. The van der Waals surface area contributed by atoms with Crippen LogP contribution in [0, 0.1) is 0 Å². The Balaban J connectivity index is 1.92. The lowest BCUT2D eigenvalue weighted by Crippen LogP contribution is -1.97. The molecule has 0 bridgehead atoms. The molecule has 0 heterocycles. The van der Waals surface area contributed by atoms with Gasteiger partial charge in [0.25, 0.3) is 0 Å². The van der Waals surface area contributed by atoms with E-state index in [1.807, 2.05) is 60.7 Å². The molecule has 0 amide bonds. The second-order valence-corrected chi connectivity index (χ2v) is 4.99. The topological polar surface area (TPSA) is 35.2 Å². The third-order valence-corrected chi connectivity index (χ3v) is 3.63. The van der Waals surface area contributed by atoms with Gasteiger partial charge in [-0.3, -0.25) is 0 Å². The summed E-state index contributed by atoms with van der Waals surface area (Å²) in [6.07, 6.45) is 0.